The summed E-state index contributed by atoms with van der Waals surface area (Å²) >= 11 is 4.60. The number of carbonyl (C=O) groups excluding carboxylic acids is 1. The molecule has 0 aliphatic rings. The molecule has 0 radical (unpaired) electrons. The van der Waals surface area contributed by atoms with Crippen LogP contribution in [0.2, 0.25) is 0 Å². The molecule has 4 rings (SSSR count). The molecule has 0 aliphatic heterocycles. The molecule has 0 fully saturated rings. The van der Waals surface area contributed by atoms with E-state index in [-0.39, 0.29) is 17.5 Å². The van der Waals surface area contributed by atoms with Crippen LogP contribution in [-0.2, 0) is 11.2 Å². The zero-order valence-corrected chi connectivity index (χ0v) is 17.2. The molecule has 28 heavy (non-hydrogen) atoms. The zero-order valence-electron chi connectivity index (χ0n) is 14.7. The average Bonchev–Trinajstić information content (AvgIpc) is 3.37. The molecule has 1 N–H and O–H groups in total. The molecule has 4 nitrogen and oxygen atoms in total. The van der Waals surface area contributed by atoms with Gasteiger partial charge in [-0.15, -0.1) is 22.7 Å². The highest BCUT2D eigenvalue weighted by molar-refractivity contribution is 8.00. The number of thioether (sulfide) groups is 1. The molecule has 3 heterocycles. The Balaban J connectivity index is 1.45. The van der Waals surface area contributed by atoms with Gasteiger partial charge in [0.05, 0.1) is 11.1 Å². The zero-order chi connectivity index (χ0) is 19.3. The summed E-state index contributed by atoms with van der Waals surface area (Å²) < 4.78 is 13.3. The number of rotatable bonds is 7. The fraction of sp³-hybridized carbons (Fsp3) is 0.150. The third kappa shape index (κ3) is 4.40. The molecule has 1 aromatic carbocycles. The normalized spacial score (nSPS) is 11.0. The Kier molecular flexibility index (Phi) is 5.99. The van der Waals surface area contributed by atoms with Crippen molar-refractivity contribution >= 4 is 50.6 Å². The lowest BCUT2D eigenvalue weighted by molar-refractivity contribution is -0.118. The van der Waals surface area contributed by atoms with E-state index in [4.69, 9.17) is 0 Å². The van der Waals surface area contributed by atoms with Gasteiger partial charge in [0.25, 0.3) is 0 Å². The number of aromatic nitrogens is 2. The van der Waals surface area contributed by atoms with Gasteiger partial charge in [0, 0.05) is 22.4 Å². The number of carbonyl (C=O) groups is 1. The van der Waals surface area contributed by atoms with Gasteiger partial charge in [0.2, 0.25) is 5.91 Å². The van der Waals surface area contributed by atoms with Gasteiger partial charge >= 0.3 is 0 Å². The quantitative estimate of drug-likeness (QED) is 0.331. The third-order valence-corrected chi connectivity index (χ3v) is 6.92. The van der Waals surface area contributed by atoms with Gasteiger partial charge in [0.1, 0.15) is 22.0 Å². The van der Waals surface area contributed by atoms with Crippen molar-refractivity contribution < 1.29 is 9.18 Å². The van der Waals surface area contributed by atoms with Crippen LogP contribution >= 0.6 is 34.4 Å². The number of thiophene rings is 2. The fourth-order valence-electron chi connectivity index (χ4n) is 2.76. The van der Waals surface area contributed by atoms with E-state index < -0.39 is 0 Å². The first-order valence-corrected chi connectivity index (χ1v) is 11.4. The number of hydrogen-bond donors (Lipinski definition) is 1. The van der Waals surface area contributed by atoms with Crippen LogP contribution in [0.5, 0.6) is 0 Å². The second-order valence-corrected chi connectivity index (χ2v) is 8.84. The second-order valence-electron chi connectivity index (χ2n) is 5.98. The number of nitrogens with one attached hydrogen (secondary N) is 1. The van der Waals surface area contributed by atoms with Gasteiger partial charge in [-0.3, -0.25) is 4.79 Å². The fourth-order valence-corrected chi connectivity index (χ4v) is 5.30. The molecule has 8 heteroatoms. The lowest BCUT2D eigenvalue weighted by Gasteiger charge is -2.06. The third-order valence-electron chi connectivity index (χ3n) is 4.10. The summed E-state index contributed by atoms with van der Waals surface area (Å²) in [5, 5.41) is 8.66. The van der Waals surface area contributed by atoms with Gasteiger partial charge in [-0.05, 0) is 35.6 Å². The first kappa shape index (κ1) is 19.0. The molecular weight excluding hydrogens is 413 g/mol. The average molecular weight is 430 g/mol. The minimum absolute atomic E-state index is 0.0214. The van der Waals surface area contributed by atoms with Crippen molar-refractivity contribution in [3.63, 3.8) is 0 Å². The number of fused-ring (bicyclic) bond motifs is 1. The predicted molar refractivity (Wildman–Crippen MR) is 115 cm³/mol. The molecule has 0 spiro atoms. The summed E-state index contributed by atoms with van der Waals surface area (Å²) in [5.41, 5.74) is 1.87. The first-order chi connectivity index (χ1) is 13.7. The molecule has 0 unspecified atom stereocenters. The molecule has 0 saturated heterocycles. The molecule has 0 bridgehead atoms. The molecule has 1 amide bonds. The standard InChI is InChI=1S/C20H16FN3OS3/c21-14-5-3-13(4-6-14)16-10-27-19-18(16)20(24-12-23-19)28-11-17(25)22-8-7-15-2-1-9-26-15/h1-6,9-10,12H,7-8,11H2,(H,22,25). The minimum atomic E-state index is -0.270. The van der Waals surface area contributed by atoms with Crippen molar-refractivity contribution in [3.8, 4) is 11.1 Å². The lowest BCUT2D eigenvalue weighted by atomic mass is 10.1. The Morgan fingerprint density at radius 3 is 2.79 bits per heavy atom. The van der Waals surface area contributed by atoms with Crippen molar-refractivity contribution in [2.24, 2.45) is 0 Å². The van der Waals surface area contributed by atoms with Gasteiger partial charge < -0.3 is 5.32 Å². The summed E-state index contributed by atoms with van der Waals surface area (Å²) in [5.74, 6) is -0.00449. The van der Waals surface area contributed by atoms with Crippen molar-refractivity contribution in [1.82, 2.24) is 15.3 Å². The molecule has 142 valence electrons. The topological polar surface area (TPSA) is 54.9 Å². The van der Waals surface area contributed by atoms with Crippen LogP contribution in [0.15, 0.2) is 58.5 Å². The lowest BCUT2D eigenvalue weighted by Crippen LogP contribution is -2.27. The van der Waals surface area contributed by atoms with Gasteiger partial charge in [-0.2, -0.15) is 0 Å². The summed E-state index contributed by atoms with van der Waals surface area (Å²) in [7, 11) is 0. The van der Waals surface area contributed by atoms with Crippen molar-refractivity contribution in [3.05, 3.63) is 64.2 Å². The Hall–Kier alpha value is -2.29. The number of benzene rings is 1. The van der Waals surface area contributed by atoms with Crippen LogP contribution in [0.25, 0.3) is 21.3 Å². The van der Waals surface area contributed by atoms with E-state index in [0.29, 0.717) is 6.54 Å². The molecule has 3 aromatic heterocycles. The summed E-state index contributed by atoms with van der Waals surface area (Å²) in [6, 6.07) is 10.5. The van der Waals surface area contributed by atoms with Crippen molar-refractivity contribution in [2.45, 2.75) is 11.4 Å². The maximum atomic E-state index is 13.3. The minimum Gasteiger partial charge on any atom is -0.355 e. The van der Waals surface area contributed by atoms with Crippen LogP contribution < -0.4 is 5.32 Å². The van der Waals surface area contributed by atoms with Crippen LogP contribution in [-0.4, -0.2) is 28.2 Å². The largest absolute Gasteiger partial charge is 0.355 e. The maximum absolute atomic E-state index is 13.3. The van der Waals surface area contributed by atoms with E-state index in [1.54, 1.807) is 23.5 Å². The van der Waals surface area contributed by atoms with Crippen LogP contribution in [0, 0.1) is 5.82 Å². The molecule has 0 atom stereocenters. The second kappa shape index (κ2) is 8.81. The molecule has 0 saturated carbocycles. The first-order valence-electron chi connectivity index (χ1n) is 8.61. The van der Waals surface area contributed by atoms with Gasteiger partial charge in [-0.25, -0.2) is 14.4 Å². The Labute approximate surface area is 173 Å². The summed E-state index contributed by atoms with van der Waals surface area (Å²) in [6.07, 6.45) is 2.36. The van der Waals surface area contributed by atoms with Crippen molar-refractivity contribution in [1.29, 1.82) is 0 Å². The Morgan fingerprint density at radius 1 is 1.14 bits per heavy atom. The highest BCUT2D eigenvalue weighted by atomic mass is 32.2. The maximum Gasteiger partial charge on any atom is 0.230 e. The Bertz CT molecular complexity index is 1080. The van der Waals surface area contributed by atoms with Gasteiger partial charge in [-0.1, -0.05) is 30.0 Å². The summed E-state index contributed by atoms with van der Waals surface area (Å²) in [4.78, 5) is 23.0. The number of nitrogens with zero attached hydrogens (tertiary/aromatic N) is 2. The summed E-state index contributed by atoms with van der Waals surface area (Å²) in [6.45, 7) is 0.623. The Morgan fingerprint density at radius 2 is 2.00 bits per heavy atom. The van der Waals surface area contributed by atoms with Crippen molar-refractivity contribution in [2.75, 3.05) is 12.3 Å². The highest BCUT2D eigenvalue weighted by Crippen LogP contribution is 2.37. The van der Waals surface area contributed by atoms with Crippen LogP contribution in [0.1, 0.15) is 4.88 Å². The number of amides is 1. The monoisotopic (exact) mass is 429 g/mol. The SMILES string of the molecule is O=C(CSc1ncnc2scc(-c3ccc(F)cc3)c12)NCCc1cccs1. The number of halogens is 1. The van der Waals surface area contributed by atoms with Crippen LogP contribution in [0.4, 0.5) is 4.39 Å². The molecule has 4 aromatic rings. The van der Waals surface area contributed by atoms with Crippen LogP contribution in [0.3, 0.4) is 0 Å². The highest BCUT2D eigenvalue weighted by Gasteiger charge is 2.14. The predicted octanol–water partition coefficient (Wildman–Crippen LogP) is 5.01. The van der Waals surface area contributed by atoms with Gasteiger partial charge in [0.15, 0.2) is 0 Å². The van der Waals surface area contributed by atoms with E-state index >= 15 is 0 Å². The molecular formula is C20H16FN3OS3. The van der Waals surface area contributed by atoms with E-state index in [1.165, 1.54) is 46.4 Å². The van der Waals surface area contributed by atoms with E-state index in [2.05, 4.69) is 21.4 Å². The smallest absolute Gasteiger partial charge is 0.230 e. The molecule has 0 aliphatic carbocycles. The van der Waals surface area contributed by atoms with E-state index in [1.807, 2.05) is 16.8 Å². The van der Waals surface area contributed by atoms with E-state index in [0.717, 1.165) is 32.8 Å². The van der Waals surface area contributed by atoms with E-state index in [9.17, 15) is 9.18 Å². The number of hydrogen-bond acceptors (Lipinski definition) is 6.